The third kappa shape index (κ3) is 6.13. The summed E-state index contributed by atoms with van der Waals surface area (Å²) in [5.74, 6) is 2.58. The van der Waals surface area contributed by atoms with Crippen molar-refractivity contribution in [3.05, 3.63) is 83.6 Å². The Kier molecular flexibility index (Phi) is 8.36. The molecule has 2 N–H and O–H groups in total. The van der Waals surface area contributed by atoms with E-state index in [1.165, 1.54) is 5.56 Å². The number of methoxy groups -OCH3 is 2. The number of hydrogen-bond donors (Lipinski definition) is 2. The smallest absolute Gasteiger partial charge is 0.319 e. The van der Waals surface area contributed by atoms with Crippen LogP contribution in [0.3, 0.4) is 0 Å². The van der Waals surface area contributed by atoms with E-state index in [1.807, 2.05) is 50.2 Å². The second kappa shape index (κ2) is 12.3. The van der Waals surface area contributed by atoms with Gasteiger partial charge in [-0.05, 0) is 67.6 Å². The number of amides is 2. The van der Waals surface area contributed by atoms with Gasteiger partial charge >= 0.3 is 6.03 Å². The molecule has 208 valence electrons. The van der Waals surface area contributed by atoms with Crippen LogP contribution in [0.25, 0.3) is 10.9 Å². The van der Waals surface area contributed by atoms with Gasteiger partial charge in [-0.15, -0.1) is 0 Å². The first-order chi connectivity index (χ1) is 19.4. The number of pyridine rings is 1. The third-order valence-corrected chi connectivity index (χ3v) is 7.58. The monoisotopic (exact) mass is 540 g/mol. The Bertz CT molecular complexity index is 1480. The van der Waals surface area contributed by atoms with Gasteiger partial charge in [-0.2, -0.15) is 0 Å². The van der Waals surface area contributed by atoms with E-state index in [0.717, 1.165) is 60.2 Å². The highest BCUT2D eigenvalue weighted by molar-refractivity contribution is 5.91. The van der Waals surface area contributed by atoms with E-state index >= 15 is 0 Å². The van der Waals surface area contributed by atoms with E-state index in [2.05, 4.69) is 44.8 Å². The van der Waals surface area contributed by atoms with Crippen molar-refractivity contribution in [3.8, 4) is 23.0 Å². The van der Waals surface area contributed by atoms with Crippen LogP contribution in [0.15, 0.2) is 66.9 Å². The van der Waals surface area contributed by atoms with E-state index < -0.39 is 0 Å². The minimum absolute atomic E-state index is 0.159. The molecule has 1 aliphatic heterocycles. The number of fused-ring (bicyclic) bond motifs is 1. The summed E-state index contributed by atoms with van der Waals surface area (Å²) in [5.41, 5.74) is 4.71. The fourth-order valence-corrected chi connectivity index (χ4v) is 5.12. The molecule has 1 aromatic heterocycles. The maximum absolute atomic E-state index is 12.9. The molecular formula is C32H36N4O4. The Balaban J connectivity index is 1.21. The van der Waals surface area contributed by atoms with Crippen LogP contribution in [0.2, 0.25) is 0 Å². The van der Waals surface area contributed by atoms with Crippen molar-refractivity contribution >= 4 is 22.6 Å². The summed E-state index contributed by atoms with van der Waals surface area (Å²) < 4.78 is 17.2. The highest BCUT2D eigenvalue weighted by Crippen LogP contribution is 2.38. The first-order valence-corrected chi connectivity index (χ1v) is 13.6. The normalized spacial score (nSPS) is 14.1. The largest absolute Gasteiger partial charge is 0.493 e. The molecule has 1 saturated heterocycles. The van der Waals surface area contributed by atoms with Gasteiger partial charge in [0.15, 0.2) is 11.5 Å². The van der Waals surface area contributed by atoms with Gasteiger partial charge in [-0.25, -0.2) is 4.79 Å². The Morgan fingerprint density at radius 3 is 2.35 bits per heavy atom. The van der Waals surface area contributed by atoms with Crippen LogP contribution in [0.1, 0.15) is 29.5 Å². The number of piperidine rings is 1. The molecule has 0 aliphatic carbocycles. The number of aromatic nitrogens is 1. The molecule has 40 heavy (non-hydrogen) atoms. The van der Waals surface area contributed by atoms with Crippen LogP contribution in [-0.4, -0.2) is 49.3 Å². The van der Waals surface area contributed by atoms with E-state index in [4.69, 9.17) is 14.2 Å². The summed E-state index contributed by atoms with van der Waals surface area (Å²) in [6.45, 7) is 6.85. The summed E-state index contributed by atoms with van der Waals surface area (Å²) in [7, 11) is 3.20. The predicted molar refractivity (Wildman–Crippen MR) is 158 cm³/mol. The van der Waals surface area contributed by atoms with Gasteiger partial charge in [0.25, 0.3) is 0 Å². The number of hydrogen-bond acceptors (Lipinski definition) is 6. The third-order valence-electron chi connectivity index (χ3n) is 7.58. The zero-order valence-corrected chi connectivity index (χ0v) is 23.5. The second-order valence-corrected chi connectivity index (χ2v) is 10.1. The molecule has 3 aromatic carbocycles. The highest BCUT2D eigenvalue weighted by Gasteiger charge is 2.21. The van der Waals surface area contributed by atoms with Gasteiger partial charge in [0, 0.05) is 49.0 Å². The predicted octanol–water partition coefficient (Wildman–Crippen LogP) is 6.45. The van der Waals surface area contributed by atoms with Crippen LogP contribution in [0.4, 0.5) is 10.5 Å². The average Bonchev–Trinajstić information content (AvgIpc) is 2.98. The van der Waals surface area contributed by atoms with Crippen molar-refractivity contribution in [2.24, 2.45) is 0 Å². The van der Waals surface area contributed by atoms with Gasteiger partial charge in [0.2, 0.25) is 0 Å². The fourth-order valence-electron chi connectivity index (χ4n) is 5.12. The summed E-state index contributed by atoms with van der Waals surface area (Å²) in [5, 5.41) is 7.01. The average molecular weight is 541 g/mol. The second-order valence-electron chi connectivity index (χ2n) is 10.1. The van der Waals surface area contributed by atoms with Gasteiger partial charge in [0.05, 0.1) is 19.7 Å². The molecule has 0 saturated carbocycles. The van der Waals surface area contributed by atoms with Crippen LogP contribution >= 0.6 is 0 Å². The minimum atomic E-state index is -0.182. The highest BCUT2D eigenvalue weighted by atomic mass is 16.5. The molecule has 0 radical (unpaired) electrons. The van der Waals surface area contributed by atoms with E-state index in [0.29, 0.717) is 23.0 Å². The Morgan fingerprint density at radius 2 is 1.62 bits per heavy atom. The number of carbonyl (C=O) groups is 1. The maximum Gasteiger partial charge on any atom is 0.319 e. The number of nitrogens with one attached hydrogen (secondary N) is 2. The standard InChI is InChI=1S/C32H36N4O4/c1-21-22(2)28(40-29-12-15-33-27-19-31(39-4)30(38-3)18-25(27)29)11-10-26(21)35-32(37)34-24-13-16-36(17-14-24)20-23-8-6-5-7-9-23/h5-12,15,18-19,24H,13-14,16-17,20H2,1-4H3,(H2,34,35,37). The minimum Gasteiger partial charge on any atom is -0.493 e. The van der Waals surface area contributed by atoms with Crippen molar-refractivity contribution in [3.63, 3.8) is 0 Å². The van der Waals surface area contributed by atoms with Crippen LogP contribution < -0.4 is 24.8 Å². The molecular weight excluding hydrogens is 504 g/mol. The summed E-state index contributed by atoms with van der Waals surface area (Å²) in [6, 6.07) is 19.8. The zero-order chi connectivity index (χ0) is 28.1. The molecule has 8 heteroatoms. The van der Waals surface area contributed by atoms with Crippen molar-refractivity contribution < 1.29 is 19.0 Å². The molecule has 1 aliphatic rings. The summed E-state index contributed by atoms with van der Waals surface area (Å²) >= 11 is 0. The molecule has 1 fully saturated rings. The van der Waals surface area contributed by atoms with Crippen LogP contribution in [0, 0.1) is 13.8 Å². The van der Waals surface area contributed by atoms with Crippen molar-refractivity contribution in [1.29, 1.82) is 0 Å². The van der Waals surface area contributed by atoms with Crippen molar-refractivity contribution in [2.75, 3.05) is 32.6 Å². The number of rotatable bonds is 8. The SMILES string of the molecule is COc1cc2nccc(Oc3ccc(NC(=O)NC4CCN(Cc5ccccc5)CC4)c(C)c3C)c2cc1OC. The molecule has 4 aromatic rings. The van der Waals surface area contributed by atoms with Gasteiger partial charge in [-0.3, -0.25) is 9.88 Å². The van der Waals surface area contributed by atoms with Gasteiger partial charge in [0.1, 0.15) is 11.5 Å². The number of carbonyl (C=O) groups excluding carboxylic acids is 1. The Morgan fingerprint density at radius 1 is 0.900 bits per heavy atom. The Hall–Kier alpha value is -4.30. The molecule has 0 unspecified atom stereocenters. The molecule has 2 heterocycles. The van der Waals surface area contributed by atoms with E-state index in [-0.39, 0.29) is 12.1 Å². The van der Waals surface area contributed by atoms with Crippen LogP contribution in [0.5, 0.6) is 23.0 Å². The molecule has 8 nitrogen and oxygen atoms in total. The first kappa shape index (κ1) is 27.3. The van der Waals surface area contributed by atoms with Crippen molar-refractivity contribution in [2.45, 2.75) is 39.3 Å². The number of nitrogens with zero attached hydrogens (tertiary/aromatic N) is 2. The summed E-state index contributed by atoms with van der Waals surface area (Å²) in [4.78, 5) is 19.7. The fraction of sp³-hybridized carbons (Fsp3) is 0.312. The van der Waals surface area contributed by atoms with Crippen molar-refractivity contribution in [1.82, 2.24) is 15.2 Å². The van der Waals surface area contributed by atoms with Crippen LogP contribution in [-0.2, 0) is 6.54 Å². The first-order valence-electron chi connectivity index (χ1n) is 13.6. The number of urea groups is 1. The van der Waals surface area contributed by atoms with Gasteiger partial charge < -0.3 is 24.8 Å². The molecule has 5 rings (SSSR count). The lowest BCUT2D eigenvalue weighted by Crippen LogP contribution is -2.45. The molecule has 2 amide bonds. The zero-order valence-electron chi connectivity index (χ0n) is 23.5. The maximum atomic E-state index is 12.9. The van der Waals surface area contributed by atoms with Gasteiger partial charge in [-0.1, -0.05) is 30.3 Å². The lowest BCUT2D eigenvalue weighted by Gasteiger charge is -2.32. The topological polar surface area (TPSA) is 85.0 Å². The number of ether oxygens (including phenoxy) is 3. The lowest BCUT2D eigenvalue weighted by molar-refractivity contribution is 0.190. The molecule has 0 spiro atoms. The lowest BCUT2D eigenvalue weighted by atomic mass is 10.0. The molecule has 0 atom stereocenters. The number of benzene rings is 3. The number of anilines is 1. The summed E-state index contributed by atoms with van der Waals surface area (Å²) in [6.07, 6.45) is 3.57. The van der Waals surface area contributed by atoms with E-state index in [9.17, 15) is 4.79 Å². The molecule has 0 bridgehead atoms. The quantitative estimate of drug-likeness (QED) is 0.267. The Labute approximate surface area is 235 Å². The number of likely N-dealkylation sites (tertiary alicyclic amines) is 1. The van der Waals surface area contributed by atoms with E-state index in [1.54, 1.807) is 20.4 Å².